The van der Waals surface area contributed by atoms with E-state index in [1.165, 1.54) is 0 Å². The monoisotopic (exact) mass is 306 g/mol. The van der Waals surface area contributed by atoms with Crippen LogP contribution in [0.25, 0.3) is 0 Å². The number of furan rings is 1. The molecule has 0 saturated carbocycles. The molecule has 0 aromatic carbocycles. The SMILES string of the molecule is Cn1ncc(CNCc2ccco2)c1NC(=O)OC(C)(C)C. The van der Waals surface area contributed by atoms with Crippen molar-refractivity contribution in [2.45, 2.75) is 39.5 Å². The molecule has 0 radical (unpaired) electrons. The second-order valence-corrected chi connectivity index (χ2v) is 5.95. The van der Waals surface area contributed by atoms with Gasteiger partial charge in [0.15, 0.2) is 0 Å². The fourth-order valence-electron chi connectivity index (χ4n) is 1.91. The Kier molecular flexibility index (Phi) is 4.87. The Morgan fingerprint density at radius 1 is 1.41 bits per heavy atom. The standard InChI is InChI=1S/C15H22N4O3/c1-15(2,3)22-14(20)18-13-11(9-17-19(13)4)8-16-10-12-6-5-7-21-12/h5-7,9,16H,8,10H2,1-4H3,(H,18,20). The van der Waals surface area contributed by atoms with Gasteiger partial charge in [0.1, 0.15) is 17.2 Å². The molecule has 120 valence electrons. The topological polar surface area (TPSA) is 81.3 Å². The smallest absolute Gasteiger partial charge is 0.413 e. The molecule has 22 heavy (non-hydrogen) atoms. The van der Waals surface area contributed by atoms with Gasteiger partial charge in [-0.15, -0.1) is 0 Å². The van der Waals surface area contributed by atoms with Crippen LogP contribution in [0.15, 0.2) is 29.0 Å². The van der Waals surface area contributed by atoms with Crippen molar-refractivity contribution in [1.82, 2.24) is 15.1 Å². The van der Waals surface area contributed by atoms with Crippen LogP contribution in [0.1, 0.15) is 32.1 Å². The number of nitrogens with one attached hydrogen (secondary N) is 2. The van der Waals surface area contributed by atoms with Crippen molar-refractivity contribution in [1.29, 1.82) is 0 Å². The van der Waals surface area contributed by atoms with Crippen molar-refractivity contribution < 1.29 is 13.9 Å². The summed E-state index contributed by atoms with van der Waals surface area (Å²) >= 11 is 0. The molecular weight excluding hydrogens is 284 g/mol. The highest BCUT2D eigenvalue weighted by Gasteiger charge is 2.18. The van der Waals surface area contributed by atoms with E-state index in [9.17, 15) is 4.79 Å². The first-order valence-corrected chi connectivity index (χ1v) is 7.09. The summed E-state index contributed by atoms with van der Waals surface area (Å²) in [6.45, 7) is 6.62. The molecule has 0 aliphatic heterocycles. The summed E-state index contributed by atoms with van der Waals surface area (Å²) in [5.41, 5.74) is 0.334. The average molecular weight is 306 g/mol. The number of carbonyl (C=O) groups is 1. The van der Waals surface area contributed by atoms with Gasteiger partial charge >= 0.3 is 6.09 Å². The number of amides is 1. The van der Waals surface area contributed by atoms with Crippen LogP contribution in [0, 0.1) is 0 Å². The third-order valence-electron chi connectivity index (χ3n) is 2.83. The molecule has 0 aliphatic carbocycles. The average Bonchev–Trinajstić information content (AvgIpc) is 3.01. The fourth-order valence-corrected chi connectivity index (χ4v) is 1.91. The van der Waals surface area contributed by atoms with Crippen molar-refractivity contribution in [3.63, 3.8) is 0 Å². The van der Waals surface area contributed by atoms with E-state index in [1.807, 2.05) is 32.9 Å². The van der Waals surface area contributed by atoms with E-state index in [-0.39, 0.29) is 0 Å². The van der Waals surface area contributed by atoms with Crippen molar-refractivity contribution >= 4 is 11.9 Å². The zero-order valence-corrected chi connectivity index (χ0v) is 13.3. The molecule has 2 heterocycles. The molecule has 0 saturated heterocycles. The number of anilines is 1. The molecule has 0 aliphatic rings. The summed E-state index contributed by atoms with van der Waals surface area (Å²) in [6, 6.07) is 3.74. The maximum Gasteiger partial charge on any atom is 0.413 e. The first-order valence-electron chi connectivity index (χ1n) is 7.09. The summed E-state index contributed by atoms with van der Waals surface area (Å²) in [5.74, 6) is 1.46. The minimum atomic E-state index is -0.541. The van der Waals surface area contributed by atoms with Gasteiger partial charge in [-0.3, -0.25) is 10.00 Å². The molecule has 7 nitrogen and oxygen atoms in total. The minimum Gasteiger partial charge on any atom is -0.468 e. The molecular formula is C15H22N4O3. The van der Waals surface area contributed by atoms with Crippen LogP contribution in [0.5, 0.6) is 0 Å². The van der Waals surface area contributed by atoms with Crippen LogP contribution >= 0.6 is 0 Å². The third-order valence-corrected chi connectivity index (χ3v) is 2.83. The molecule has 2 aromatic heterocycles. The molecule has 0 spiro atoms. The molecule has 2 rings (SSSR count). The fraction of sp³-hybridized carbons (Fsp3) is 0.467. The first-order chi connectivity index (χ1) is 10.3. The molecule has 0 unspecified atom stereocenters. The predicted octanol–water partition coefficient (Wildman–Crippen LogP) is 2.65. The van der Waals surface area contributed by atoms with E-state index in [1.54, 1.807) is 24.2 Å². The van der Waals surface area contributed by atoms with Crippen LogP contribution in [-0.4, -0.2) is 21.5 Å². The van der Waals surface area contributed by atoms with Crippen LogP contribution in [-0.2, 0) is 24.9 Å². The van der Waals surface area contributed by atoms with Gasteiger partial charge in [-0.1, -0.05) is 0 Å². The molecule has 0 fully saturated rings. The van der Waals surface area contributed by atoms with Gasteiger partial charge in [0.05, 0.1) is 19.0 Å². The van der Waals surface area contributed by atoms with Gasteiger partial charge in [0, 0.05) is 19.2 Å². The molecule has 2 N–H and O–H groups in total. The summed E-state index contributed by atoms with van der Waals surface area (Å²) in [7, 11) is 1.77. The van der Waals surface area contributed by atoms with Crippen molar-refractivity contribution in [2.75, 3.05) is 5.32 Å². The highest BCUT2D eigenvalue weighted by molar-refractivity contribution is 5.84. The van der Waals surface area contributed by atoms with Crippen molar-refractivity contribution in [2.24, 2.45) is 7.05 Å². The van der Waals surface area contributed by atoms with Crippen LogP contribution in [0.3, 0.4) is 0 Å². The summed E-state index contributed by atoms with van der Waals surface area (Å²) in [4.78, 5) is 11.9. The number of hydrogen-bond donors (Lipinski definition) is 2. The number of rotatable bonds is 5. The van der Waals surface area contributed by atoms with E-state index < -0.39 is 11.7 Å². The zero-order chi connectivity index (χ0) is 16.2. The van der Waals surface area contributed by atoms with Gasteiger partial charge < -0.3 is 14.5 Å². The lowest BCUT2D eigenvalue weighted by atomic mass is 10.2. The molecule has 2 aromatic rings. The Hall–Kier alpha value is -2.28. The van der Waals surface area contributed by atoms with E-state index >= 15 is 0 Å². The molecule has 0 atom stereocenters. The largest absolute Gasteiger partial charge is 0.468 e. The van der Waals surface area contributed by atoms with E-state index in [0.29, 0.717) is 18.9 Å². The lowest BCUT2D eigenvalue weighted by Gasteiger charge is -2.20. The molecule has 7 heteroatoms. The van der Waals surface area contributed by atoms with Crippen molar-refractivity contribution in [3.8, 4) is 0 Å². The van der Waals surface area contributed by atoms with Crippen LogP contribution in [0.2, 0.25) is 0 Å². The van der Waals surface area contributed by atoms with E-state index in [0.717, 1.165) is 11.3 Å². The third kappa shape index (κ3) is 4.63. The first kappa shape index (κ1) is 16.1. The number of hydrogen-bond acceptors (Lipinski definition) is 5. The van der Waals surface area contributed by atoms with Crippen molar-refractivity contribution in [3.05, 3.63) is 35.9 Å². The van der Waals surface area contributed by atoms with Crippen LogP contribution in [0.4, 0.5) is 10.6 Å². The highest BCUT2D eigenvalue weighted by Crippen LogP contribution is 2.16. The number of ether oxygens (including phenoxy) is 1. The number of aromatic nitrogens is 2. The Morgan fingerprint density at radius 2 is 2.18 bits per heavy atom. The number of nitrogens with zero attached hydrogens (tertiary/aromatic N) is 2. The minimum absolute atomic E-state index is 0.497. The predicted molar refractivity (Wildman–Crippen MR) is 82.3 cm³/mol. The van der Waals surface area contributed by atoms with Gasteiger partial charge in [0.2, 0.25) is 0 Å². The van der Waals surface area contributed by atoms with Gasteiger partial charge in [-0.05, 0) is 32.9 Å². The second kappa shape index (κ2) is 6.65. The Morgan fingerprint density at radius 3 is 2.82 bits per heavy atom. The van der Waals surface area contributed by atoms with E-state index in [2.05, 4.69) is 15.7 Å². The van der Waals surface area contributed by atoms with Gasteiger partial charge in [0.25, 0.3) is 0 Å². The maximum atomic E-state index is 11.9. The van der Waals surface area contributed by atoms with E-state index in [4.69, 9.17) is 9.15 Å². The maximum absolute atomic E-state index is 11.9. The lowest BCUT2D eigenvalue weighted by molar-refractivity contribution is 0.0634. The zero-order valence-electron chi connectivity index (χ0n) is 13.3. The van der Waals surface area contributed by atoms with Crippen LogP contribution < -0.4 is 10.6 Å². The summed E-state index contributed by atoms with van der Waals surface area (Å²) in [5, 5.41) is 10.1. The quantitative estimate of drug-likeness (QED) is 0.887. The molecule has 0 bridgehead atoms. The normalized spacial score (nSPS) is 11.5. The summed E-state index contributed by atoms with van der Waals surface area (Å²) in [6.07, 6.45) is 2.85. The number of aryl methyl sites for hydroxylation is 1. The molecule has 1 amide bonds. The summed E-state index contributed by atoms with van der Waals surface area (Å²) < 4.78 is 12.1. The Labute approximate surface area is 129 Å². The number of carbonyl (C=O) groups excluding carboxylic acids is 1. The Bertz CT molecular complexity index is 611. The highest BCUT2D eigenvalue weighted by atomic mass is 16.6. The van der Waals surface area contributed by atoms with Gasteiger partial charge in [-0.25, -0.2) is 4.79 Å². The van der Waals surface area contributed by atoms with Gasteiger partial charge in [-0.2, -0.15) is 5.10 Å². The Balaban J connectivity index is 1.94. The lowest BCUT2D eigenvalue weighted by Crippen LogP contribution is -2.28. The second-order valence-electron chi connectivity index (χ2n) is 5.95.